The van der Waals surface area contributed by atoms with Crippen LogP contribution in [0, 0.1) is 5.92 Å². The lowest BCUT2D eigenvalue weighted by atomic mass is 9.99. The molecule has 1 aromatic carbocycles. The van der Waals surface area contributed by atoms with E-state index in [0.29, 0.717) is 11.5 Å². The van der Waals surface area contributed by atoms with Gasteiger partial charge in [-0.3, -0.25) is 9.59 Å². The van der Waals surface area contributed by atoms with E-state index < -0.39 is 0 Å². The van der Waals surface area contributed by atoms with Crippen molar-refractivity contribution in [2.75, 3.05) is 0 Å². The zero-order chi connectivity index (χ0) is 16.5. The molecule has 0 aliphatic rings. The molecule has 122 valence electrons. The molecule has 0 radical (unpaired) electrons. The molecule has 1 rings (SSSR count). The standard InChI is InChI=1S/C19H29NO2/c1-5-17(6-2)20-19(22)12-11-18(21)16-9-7-15(8-10-16)13-14(3)4/h7-10,14,17H,5-6,11-13H2,1-4H3,(H,20,22). The van der Waals surface area contributed by atoms with Gasteiger partial charge in [-0.25, -0.2) is 0 Å². The van der Waals surface area contributed by atoms with Gasteiger partial charge >= 0.3 is 0 Å². The SMILES string of the molecule is CCC(CC)NC(=O)CCC(=O)c1ccc(CC(C)C)cc1. The molecule has 1 aromatic rings. The molecule has 0 bridgehead atoms. The molecular weight excluding hydrogens is 274 g/mol. The van der Waals surface area contributed by atoms with Gasteiger partial charge in [0.05, 0.1) is 0 Å². The average Bonchev–Trinajstić information content (AvgIpc) is 2.50. The van der Waals surface area contributed by atoms with E-state index in [2.05, 4.69) is 33.0 Å². The van der Waals surface area contributed by atoms with Gasteiger partial charge in [-0.2, -0.15) is 0 Å². The van der Waals surface area contributed by atoms with Crippen molar-refractivity contribution in [3.05, 3.63) is 35.4 Å². The first-order chi connectivity index (χ1) is 10.5. The predicted molar refractivity (Wildman–Crippen MR) is 91.1 cm³/mol. The summed E-state index contributed by atoms with van der Waals surface area (Å²) in [7, 11) is 0. The van der Waals surface area contributed by atoms with E-state index >= 15 is 0 Å². The fourth-order valence-corrected chi connectivity index (χ4v) is 2.46. The maximum atomic E-state index is 12.1. The number of Topliss-reactive ketones (excluding diaryl/α,β-unsaturated/α-hetero) is 1. The van der Waals surface area contributed by atoms with Crippen molar-refractivity contribution < 1.29 is 9.59 Å². The number of carbonyl (C=O) groups excluding carboxylic acids is 2. The third-order valence-electron chi connectivity index (χ3n) is 3.85. The Hall–Kier alpha value is -1.64. The number of benzene rings is 1. The summed E-state index contributed by atoms with van der Waals surface area (Å²) >= 11 is 0. The van der Waals surface area contributed by atoms with Crippen LogP contribution in [0.25, 0.3) is 0 Å². The third kappa shape index (κ3) is 6.42. The fraction of sp³-hybridized carbons (Fsp3) is 0.579. The van der Waals surface area contributed by atoms with Crippen molar-refractivity contribution in [1.29, 1.82) is 0 Å². The second-order valence-electron chi connectivity index (χ2n) is 6.30. The van der Waals surface area contributed by atoms with Crippen molar-refractivity contribution in [2.45, 2.75) is 65.8 Å². The van der Waals surface area contributed by atoms with Gasteiger partial charge in [-0.15, -0.1) is 0 Å². The van der Waals surface area contributed by atoms with Crippen LogP contribution in [0.15, 0.2) is 24.3 Å². The summed E-state index contributed by atoms with van der Waals surface area (Å²) < 4.78 is 0. The number of hydrogen-bond acceptors (Lipinski definition) is 2. The van der Waals surface area contributed by atoms with E-state index in [1.54, 1.807) is 0 Å². The van der Waals surface area contributed by atoms with E-state index in [9.17, 15) is 9.59 Å². The van der Waals surface area contributed by atoms with Gasteiger partial charge in [-0.1, -0.05) is 52.0 Å². The normalized spacial score (nSPS) is 11.0. The molecule has 0 aromatic heterocycles. The number of nitrogens with one attached hydrogen (secondary N) is 1. The van der Waals surface area contributed by atoms with Gasteiger partial charge in [0.15, 0.2) is 5.78 Å². The highest BCUT2D eigenvalue weighted by molar-refractivity contribution is 5.97. The minimum absolute atomic E-state index is 0.0292. The van der Waals surface area contributed by atoms with E-state index in [4.69, 9.17) is 0 Å². The number of rotatable bonds is 9. The third-order valence-corrected chi connectivity index (χ3v) is 3.85. The Bertz CT molecular complexity index is 473. The minimum atomic E-state index is -0.0292. The number of hydrogen-bond donors (Lipinski definition) is 1. The van der Waals surface area contributed by atoms with E-state index in [0.717, 1.165) is 19.3 Å². The smallest absolute Gasteiger partial charge is 0.220 e. The van der Waals surface area contributed by atoms with Crippen molar-refractivity contribution >= 4 is 11.7 Å². The Morgan fingerprint density at radius 1 is 1.00 bits per heavy atom. The first kappa shape index (κ1) is 18.4. The number of carbonyl (C=O) groups is 2. The van der Waals surface area contributed by atoms with Gasteiger partial charge in [0, 0.05) is 24.4 Å². The lowest BCUT2D eigenvalue weighted by molar-refractivity contribution is -0.121. The highest BCUT2D eigenvalue weighted by Crippen LogP contribution is 2.12. The van der Waals surface area contributed by atoms with Crippen LogP contribution in [0.3, 0.4) is 0 Å². The van der Waals surface area contributed by atoms with Crippen LogP contribution in [0.1, 0.15) is 69.3 Å². The molecule has 0 saturated carbocycles. The lowest BCUT2D eigenvalue weighted by Crippen LogP contribution is -2.33. The van der Waals surface area contributed by atoms with E-state index in [-0.39, 0.29) is 30.6 Å². The topological polar surface area (TPSA) is 46.2 Å². The van der Waals surface area contributed by atoms with Crippen LogP contribution in [0.5, 0.6) is 0 Å². The summed E-state index contributed by atoms with van der Waals surface area (Å²) in [5, 5.41) is 2.96. The second kappa shape index (κ2) is 9.39. The van der Waals surface area contributed by atoms with Gasteiger partial charge in [0.2, 0.25) is 5.91 Å². The van der Waals surface area contributed by atoms with E-state index in [1.807, 2.05) is 24.3 Å². The largest absolute Gasteiger partial charge is 0.353 e. The highest BCUT2D eigenvalue weighted by atomic mass is 16.2. The van der Waals surface area contributed by atoms with Crippen LogP contribution >= 0.6 is 0 Å². The predicted octanol–water partition coefficient (Wildman–Crippen LogP) is 4.15. The lowest BCUT2D eigenvalue weighted by Gasteiger charge is -2.14. The molecule has 22 heavy (non-hydrogen) atoms. The van der Waals surface area contributed by atoms with Crippen molar-refractivity contribution in [1.82, 2.24) is 5.32 Å². The van der Waals surface area contributed by atoms with Crippen molar-refractivity contribution in [3.63, 3.8) is 0 Å². The Kier molecular flexibility index (Phi) is 7.86. The Morgan fingerprint density at radius 2 is 1.59 bits per heavy atom. The van der Waals surface area contributed by atoms with Crippen molar-refractivity contribution in [3.8, 4) is 0 Å². The molecule has 3 heteroatoms. The van der Waals surface area contributed by atoms with Crippen LogP contribution in [0.2, 0.25) is 0 Å². The Balaban J connectivity index is 2.46. The summed E-state index contributed by atoms with van der Waals surface area (Å²) in [4.78, 5) is 23.9. The van der Waals surface area contributed by atoms with Crippen LogP contribution in [0.4, 0.5) is 0 Å². The molecule has 0 spiro atoms. The molecule has 3 nitrogen and oxygen atoms in total. The van der Waals surface area contributed by atoms with Gasteiger partial charge in [0.25, 0.3) is 0 Å². The summed E-state index contributed by atoms with van der Waals surface area (Å²) in [6.45, 7) is 8.46. The second-order valence-corrected chi connectivity index (χ2v) is 6.30. The first-order valence-corrected chi connectivity index (χ1v) is 8.37. The van der Waals surface area contributed by atoms with Crippen molar-refractivity contribution in [2.24, 2.45) is 5.92 Å². The van der Waals surface area contributed by atoms with E-state index in [1.165, 1.54) is 5.56 Å². The van der Waals surface area contributed by atoms with Gasteiger partial charge < -0.3 is 5.32 Å². The Labute approximate surface area is 134 Å². The molecule has 0 aliphatic heterocycles. The summed E-state index contributed by atoms with van der Waals surface area (Å²) in [5.41, 5.74) is 1.95. The molecule has 0 atom stereocenters. The highest BCUT2D eigenvalue weighted by Gasteiger charge is 2.12. The van der Waals surface area contributed by atoms with Crippen LogP contribution < -0.4 is 5.32 Å². The number of ketones is 1. The molecular formula is C19H29NO2. The molecule has 0 aliphatic carbocycles. The summed E-state index contributed by atoms with van der Waals surface area (Å²) in [6.07, 6.45) is 3.41. The zero-order valence-electron chi connectivity index (χ0n) is 14.3. The fourth-order valence-electron chi connectivity index (χ4n) is 2.46. The van der Waals surface area contributed by atoms with Crippen LogP contribution in [-0.4, -0.2) is 17.7 Å². The first-order valence-electron chi connectivity index (χ1n) is 8.37. The monoisotopic (exact) mass is 303 g/mol. The van der Waals surface area contributed by atoms with Gasteiger partial charge in [-0.05, 0) is 30.7 Å². The summed E-state index contributed by atoms with van der Waals surface area (Å²) in [6, 6.07) is 7.99. The molecule has 1 N–H and O–H groups in total. The minimum Gasteiger partial charge on any atom is -0.353 e. The van der Waals surface area contributed by atoms with Crippen LogP contribution in [-0.2, 0) is 11.2 Å². The molecule has 1 amide bonds. The quantitative estimate of drug-likeness (QED) is 0.696. The molecule has 0 unspecified atom stereocenters. The van der Waals surface area contributed by atoms with Gasteiger partial charge in [0.1, 0.15) is 0 Å². The summed E-state index contributed by atoms with van der Waals surface area (Å²) in [5.74, 6) is 0.615. The molecule has 0 saturated heterocycles. The molecule has 0 heterocycles. The maximum absolute atomic E-state index is 12.1. The Morgan fingerprint density at radius 3 is 2.09 bits per heavy atom. The number of amides is 1. The maximum Gasteiger partial charge on any atom is 0.220 e. The molecule has 0 fully saturated rings. The zero-order valence-corrected chi connectivity index (χ0v) is 14.3. The average molecular weight is 303 g/mol.